The Balaban J connectivity index is 1.40. The normalized spacial score (nSPS) is 21.9. The van der Waals surface area contributed by atoms with Crippen LogP contribution in [-0.2, 0) is 16.1 Å². The van der Waals surface area contributed by atoms with E-state index in [4.69, 9.17) is 4.74 Å². The number of halogens is 1. The second kappa shape index (κ2) is 7.48. The van der Waals surface area contributed by atoms with E-state index in [1.807, 2.05) is 19.1 Å². The number of nitrogens with one attached hydrogen (secondary N) is 1. The maximum absolute atomic E-state index is 13.1. The minimum absolute atomic E-state index is 0.250. The molecule has 2 aromatic rings. The van der Waals surface area contributed by atoms with Gasteiger partial charge in [0.1, 0.15) is 11.6 Å². The van der Waals surface area contributed by atoms with Gasteiger partial charge in [-0.15, -0.1) is 0 Å². The molecule has 2 aromatic carbocycles. The zero-order valence-corrected chi connectivity index (χ0v) is 16.6. The molecule has 4 rings (SSSR count). The van der Waals surface area contributed by atoms with Gasteiger partial charge in [-0.25, -0.2) is 4.39 Å². The minimum Gasteiger partial charge on any atom is -0.466 e. The molecule has 1 fully saturated rings. The first-order chi connectivity index (χ1) is 13.8. The summed E-state index contributed by atoms with van der Waals surface area (Å²) in [5, 5.41) is 2.80. The Hall–Kier alpha value is -2.93. The first kappa shape index (κ1) is 19.4. The van der Waals surface area contributed by atoms with Crippen LogP contribution >= 0.6 is 0 Å². The van der Waals surface area contributed by atoms with Gasteiger partial charge in [-0.1, -0.05) is 18.2 Å². The first-order valence-corrected chi connectivity index (χ1v) is 9.72. The van der Waals surface area contributed by atoms with Gasteiger partial charge in [-0.2, -0.15) is 0 Å². The smallest absolute Gasteiger partial charge is 0.278 e. The third-order valence-corrected chi connectivity index (χ3v) is 5.52. The Bertz CT molecular complexity index is 939. The van der Waals surface area contributed by atoms with Gasteiger partial charge in [0.15, 0.2) is 0 Å². The lowest BCUT2D eigenvalue weighted by atomic mass is 9.99. The van der Waals surface area contributed by atoms with E-state index in [9.17, 15) is 14.0 Å². The maximum Gasteiger partial charge on any atom is 0.278 e. The van der Waals surface area contributed by atoms with E-state index in [0.29, 0.717) is 44.2 Å². The number of hydrogen-bond acceptors (Lipinski definition) is 4. The van der Waals surface area contributed by atoms with Crippen LogP contribution in [0.25, 0.3) is 0 Å². The topological polar surface area (TPSA) is 61.9 Å². The third kappa shape index (κ3) is 3.82. The summed E-state index contributed by atoms with van der Waals surface area (Å²) in [6.45, 7) is 6.52. The van der Waals surface area contributed by atoms with E-state index in [-0.39, 0.29) is 11.7 Å². The number of ether oxygens (including phenoxy) is 1. The van der Waals surface area contributed by atoms with Crippen molar-refractivity contribution >= 4 is 17.5 Å². The number of rotatable bonds is 3. The average Bonchev–Trinajstić information content (AvgIpc) is 2.71. The lowest BCUT2D eigenvalue weighted by molar-refractivity contribution is -0.155. The standard InChI is InChI=1S/C22H24FN3O3/c1-15-3-8-19-18(13-15)24-20(27)22(2,29-19)21(28)26-11-9-25(10-12-26)14-16-4-6-17(23)7-5-16/h3-8,13H,9-12,14H2,1-2H3,(H,24,27). The van der Waals surface area contributed by atoms with Crippen molar-refractivity contribution in [3.63, 3.8) is 0 Å². The Labute approximate surface area is 169 Å². The van der Waals surface area contributed by atoms with Crippen LogP contribution in [-0.4, -0.2) is 53.4 Å². The van der Waals surface area contributed by atoms with Crippen LogP contribution in [0.3, 0.4) is 0 Å². The van der Waals surface area contributed by atoms with Gasteiger partial charge < -0.3 is 15.0 Å². The Morgan fingerprint density at radius 3 is 2.52 bits per heavy atom. The summed E-state index contributed by atoms with van der Waals surface area (Å²) in [5.41, 5.74) is 1.03. The molecular formula is C22H24FN3O3. The molecule has 1 atom stereocenters. The molecule has 0 radical (unpaired) electrons. The summed E-state index contributed by atoms with van der Waals surface area (Å²) in [5.74, 6) is -0.530. The van der Waals surface area contributed by atoms with Crippen molar-refractivity contribution in [3.05, 3.63) is 59.4 Å². The van der Waals surface area contributed by atoms with E-state index in [1.54, 1.807) is 23.1 Å². The fourth-order valence-electron chi connectivity index (χ4n) is 3.74. The zero-order chi connectivity index (χ0) is 20.6. The predicted molar refractivity (Wildman–Crippen MR) is 107 cm³/mol. The van der Waals surface area contributed by atoms with Gasteiger partial charge in [0.25, 0.3) is 17.4 Å². The molecule has 0 aliphatic carbocycles. The highest BCUT2D eigenvalue weighted by Crippen LogP contribution is 2.35. The second-order valence-electron chi connectivity index (χ2n) is 7.78. The van der Waals surface area contributed by atoms with Gasteiger partial charge in [-0.05, 0) is 49.2 Å². The minimum atomic E-state index is -1.58. The Kier molecular flexibility index (Phi) is 5.00. The summed E-state index contributed by atoms with van der Waals surface area (Å²) in [7, 11) is 0. The maximum atomic E-state index is 13.1. The number of hydrogen-bond donors (Lipinski definition) is 1. The van der Waals surface area contributed by atoms with Crippen molar-refractivity contribution in [2.24, 2.45) is 0 Å². The molecule has 2 aliphatic rings. The molecule has 6 nitrogen and oxygen atoms in total. The fourth-order valence-corrected chi connectivity index (χ4v) is 3.74. The second-order valence-corrected chi connectivity index (χ2v) is 7.78. The Morgan fingerprint density at radius 1 is 1.14 bits per heavy atom. The molecule has 0 saturated carbocycles. The quantitative estimate of drug-likeness (QED) is 0.809. The number of piperazine rings is 1. The predicted octanol–water partition coefficient (Wildman–Crippen LogP) is 2.57. The molecular weight excluding hydrogens is 373 g/mol. The molecule has 0 aromatic heterocycles. The van der Waals surface area contributed by atoms with E-state index >= 15 is 0 Å². The largest absolute Gasteiger partial charge is 0.466 e. The number of aryl methyl sites for hydroxylation is 1. The number of benzene rings is 2. The number of nitrogens with zero attached hydrogens (tertiary/aromatic N) is 2. The van der Waals surface area contributed by atoms with Crippen LogP contribution in [0.2, 0.25) is 0 Å². The fraction of sp³-hybridized carbons (Fsp3) is 0.364. The molecule has 0 spiro atoms. The summed E-state index contributed by atoms with van der Waals surface area (Å²) in [4.78, 5) is 29.7. The highest BCUT2D eigenvalue weighted by atomic mass is 19.1. The van der Waals surface area contributed by atoms with Gasteiger partial charge in [0, 0.05) is 32.7 Å². The van der Waals surface area contributed by atoms with Crippen LogP contribution in [0.5, 0.6) is 5.75 Å². The van der Waals surface area contributed by atoms with Gasteiger partial charge >= 0.3 is 0 Å². The summed E-state index contributed by atoms with van der Waals surface area (Å²) in [6, 6.07) is 11.9. The van der Waals surface area contributed by atoms with Crippen LogP contribution < -0.4 is 10.1 Å². The van der Waals surface area contributed by atoms with Crippen LogP contribution in [0, 0.1) is 12.7 Å². The number of carbonyl (C=O) groups is 2. The van der Waals surface area contributed by atoms with Crippen molar-refractivity contribution < 1.29 is 18.7 Å². The summed E-state index contributed by atoms with van der Waals surface area (Å²) >= 11 is 0. The molecule has 0 bridgehead atoms. The van der Waals surface area contributed by atoms with E-state index < -0.39 is 11.5 Å². The monoisotopic (exact) mass is 397 g/mol. The summed E-state index contributed by atoms with van der Waals surface area (Å²) < 4.78 is 18.9. The number of amides is 2. The molecule has 1 unspecified atom stereocenters. The van der Waals surface area contributed by atoms with Gasteiger partial charge in [0.2, 0.25) is 0 Å². The van der Waals surface area contributed by atoms with E-state index in [0.717, 1.165) is 11.1 Å². The molecule has 1 saturated heterocycles. The average molecular weight is 397 g/mol. The van der Waals surface area contributed by atoms with Crippen LogP contribution in [0.15, 0.2) is 42.5 Å². The molecule has 1 N–H and O–H groups in total. The zero-order valence-electron chi connectivity index (χ0n) is 16.6. The number of anilines is 1. The number of carbonyl (C=O) groups excluding carboxylic acids is 2. The molecule has 152 valence electrons. The van der Waals surface area contributed by atoms with Crippen molar-refractivity contribution in [1.29, 1.82) is 0 Å². The summed E-state index contributed by atoms with van der Waals surface area (Å²) in [6.07, 6.45) is 0. The first-order valence-electron chi connectivity index (χ1n) is 9.72. The van der Waals surface area contributed by atoms with Crippen molar-refractivity contribution in [2.75, 3.05) is 31.5 Å². The van der Waals surface area contributed by atoms with Crippen LogP contribution in [0.4, 0.5) is 10.1 Å². The van der Waals surface area contributed by atoms with Crippen LogP contribution in [0.1, 0.15) is 18.1 Å². The van der Waals surface area contributed by atoms with E-state index in [2.05, 4.69) is 10.2 Å². The highest BCUT2D eigenvalue weighted by molar-refractivity contribution is 6.15. The van der Waals surface area contributed by atoms with E-state index in [1.165, 1.54) is 19.1 Å². The lowest BCUT2D eigenvalue weighted by Gasteiger charge is -2.40. The molecule has 7 heteroatoms. The van der Waals surface area contributed by atoms with Crippen molar-refractivity contribution in [1.82, 2.24) is 9.80 Å². The molecule has 29 heavy (non-hydrogen) atoms. The lowest BCUT2D eigenvalue weighted by Crippen LogP contribution is -2.62. The third-order valence-electron chi connectivity index (χ3n) is 5.52. The molecule has 2 amide bonds. The van der Waals surface area contributed by atoms with Crippen molar-refractivity contribution in [3.8, 4) is 5.75 Å². The van der Waals surface area contributed by atoms with Gasteiger partial charge in [-0.3, -0.25) is 14.5 Å². The molecule has 2 heterocycles. The SMILES string of the molecule is Cc1ccc2c(c1)NC(=O)C(C)(C(=O)N1CCN(Cc3ccc(F)cc3)CC1)O2. The van der Waals surface area contributed by atoms with Crippen molar-refractivity contribution in [2.45, 2.75) is 26.0 Å². The Morgan fingerprint density at radius 2 is 1.83 bits per heavy atom. The molecule has 2 aliphatic heterocycles. The number of fused-ring (bicyclic) bond motifs is 1. The van der Waals surface area contributed by atoms with Gasteiger partial charge in [0.05, 0.1) is 5.69 Å². The highest BCUT2D eigenvalue weighted by Gasteiger charge is 2.49.